The number of hydrogen-bond donors (Lipinski definition) is 0. The molecule has 4 saturated carbocycles. The molecule has 4 fully saturated rings. The van der Waals surface area contributed by atoms with Gasteiger partial charge in [0.2, 0.25) is 0 Å². The lowest BCUT2D eigenvalue weighted by molar-refractivity contribution is -0.235. The summed E-state index contributed by atoms with van der Waals surface area (Å²) < 4.78 is 0. The van der Waals surface area contributed by atoms with Gasteiger partial charge in [0.1, 0.15) is 0 Å². The standard InChI is InChI=1S/C48H47NS/c1-45(2)22-23-46(3,4)40-28-36(19-21-37(40)45)49(34-10-6-5-7-11-34)35-17-14-31(15-18-35)32-16-20-39-42(26-32)50-41-13-9-8-12-38(41)48(39)43-25-30-24-33-27-44(48)47(33,43)29-30/h5-21,26,28,30,33,43-44H,22-25,27,29H2,1-4H3. The lowest BCUT2D eigenvalue weighted by Crippen LogP contribution is -2.74. The molecule has 0 N–H and O–H groups in total. The van der Waals surface area contributed by atoms with Crippen molar-refractivity contribution in [3.05, 3.63) is 138 Å². The molecule has 5 aliphatic carbocycles. The van der Waals surface area contributed by atoms with Gasteiger partial charge in [-0.1, -0.05) is 106 Å². The summed E-state index contributed by atoms with van der Waals surface area (Å²) in [5.41, 5.74) is 13.8. The third-order valence-electron chi connectivity index (χ3n) is 15.1. The van der Waals surface area contributed by atoms with Crippen LogP contribution in [0.2, 0.25) is 0 Å². The average Bonchev–Trinajstić information content (AvgIpc) is 3.66. The highest BCUT2D eigenvalue weighted by atomic mass is 32.2. The first kappa shape index (κ1) is 29.9. The molecule has 11 rings (SSSR count). The van der Waals surface area contributed by atoms with Crippen molar-refractivity contribution in [3.63, 3.8) is 0 Å². The molecule has 0 radical (unpaired) electrons. The Bertz CT molecular complexity index is 2200. The van der Waals surface area contributed by atoms with Gasteiger partial charge in [0.05, 0.1) is 0 Å². The second-order valence-electron chi connectivity index (χ2n) is 18.1. The summed E-state index contributed by atoms with van der Waals surface area (Å²) in [6.45, 7) is 9.67. The number of nitrogens with zero attached hydrogens (tertiary/aromatic N) is 1. The van der Waals surface area contributed by atoms with Crippen LogP contribution in [-0.4, -0.2) is 0 Å². The Kier molecular flexibility index (Phi) is 5.97. The van der Waals surface area contributed by atoms with Crippen molar-refractivity contribution in [1.29, 1.82) is 0 Å². The molecular formula is C48H47NS. The highest BCUT2D eigenvalue weighted by molar-refractivity contribution is 7.99. The first-order valence-corrected chi connectivity index (χ1v) is 20.0. The molecule has 6 aliphatic rings. The van der Waals surface area contributed by atoms with Crippen LogP contribution in [0.1, 0.15) is 88.5 Å². The van der Waals surface area contributed by atoms with Gasteiger partial charge >= 0.3 is 0 Å². The van der Waals surface area contributed by atoms with E-state index >= 15 is 0 Å². The molecule has 2 heteroatoms. The minimum atomic E-state index is 0.161. The van der Waals surface area contributed by atoms with E-state index in [2.05, 4.69) is 148 Å². The van der Waals surface area contributed by atoms with Crippen molar-refractivity contribution < 1.29 is 0 Å². The molecule has 0 amide bonds. The van der Waals surface area contributed by atoms with Crippen LogP contribution in [0.25, 0.3) is 11.1 Å². The molecule has 1 aliphatic heterocycles. The molecule has 1 nitrogen and oxygen atoms in total. The Morgan fingerprint density at radius 1 is 0.540 bits per heavy atom. The van der Waals surface area contributed by atoms with E-state index in [0.29, 0.717) is 5.41 Å². The van der Waals surface area contributed by atoms with E-state index in [1.54, 1.807) is 11.1 Å². The van der Waals surface area contributed by atoms with Gasteiger partial charge < -0.3 is 4.90 Å². The van der Waals surface area contributed by atoms with E-state index < -0.39 is 0 Å². The minimum absolute atomic E-state index is 0.161. The molecule has 250 valence electrons. The number of rotatable bonds is 4. The predicted molar refractivity (Wildman–Crippen MR) is 208 cm³/mol. The van der Waals surface area contributed by atoms with Crippen LogP contribution < -0.4 is 4.90 Å². The molecule has 5 aromatic carbocycles. The zero-order valence-electron chi connectivity index (χ0n) is 29.9. The summed E-state index contributed by atoms with van der Waals surface area (Å²) in [4.78, 5) is 5.44. The van der Waals surface area contributed by atoms with Gasteiger partial charge in [-0.15, -0.1) is 0 Å². The van der Waals surface area contributed by atoms with Gasteiger partial charge in [-0.05, 0) is 160 Å². The second-order valence-corrected chi connectivity index (χ2v) is 19.2. The van der Waals surface area contributed by atoms with E-state index in [1.165, 1.54) is 87.6 Å². The fraction of sp³-hybridized carbons (Fsp3) is 0.375. The largest absolute Gasteiger partial charge is 0.310 e. The quantitative estimate of drug-likeness (QED) is 0.187. The zero-order valence-corrected chi connectivity index (χ0v) is 30.7. The van der Waals surface area contributed by atoms with E-state index in [9.17, 15) is 0 Å². The van der Waals surface area contributed by atoms with Crippen LogP contribution >= 0.6 is 11.8 Å². The fourth-order valence-corrected chi connectivity index (χ4v) is 14.1. The molecule has 0 saturated heterocycles. The normalized spacial score (nSPS) is 31.1. The Morgan fingerprint density at radius 3 is 1.98 bits per heavy atom. The Balaban J connectivity index is 0.974. The third kappa shape index (κ3) is 3.72. The Morgan fingerprint density at radius 2 is 1.18 bits per heavy atom. The smallest absolute Gasteiger partial charge is 0.0464 e. The molecule has 0 aromatic heterocycles. The first-order chi connectivity index (χ1) is 24.2. The molecular weight excluding hydrogens is 623 g/mol. The first-order valence-electron chi connectivity index (χ1n) is 19.2. The summed E-state index contributed by atoms with van der Waals surface area (Å²) in [5.74, 6) is 3.67. The van der Waals surface area contributed by atoms with Crippen LogP contribution in [0.3, 0.4) is 0 Å². The molecule has 2 bridgehead atoms. The number of fused-ring (bicyclic) bond motifs is 8. The molecule has 6 atom stereocenters. The number of benzene rings is 5. The van der Waals surface area contributed by atoms with Gasteiger partial charge in [-0.2, -0.15) is 0 Å². The summed E-state index contributed by atoms with van der Waals surface area (Å²) in [7, 11) is 0. The monoisotopic (exact) mass is 669 g/mol. The highest BCUT2D eigenvalue weighted by Gasteiger charge is 2.84. The highest BCUT2D eigenvalue weighted by Crippen LogP contribution is 2.89. The number of para-hydroxylation sites is 1. The van der Waals surface area contributed by atoms with E-state index in [4.69, 9.17) is 0 Å². The maximum Gasteiger partial charge on any atom is 0.0464 e. The van der Waals surface area contributed by atoms with Gasteiger partial charge in [-0.3, -0.25) is 0 Å². The molecule has 6 unspecified atom stereocenters. The maximum atomic E-state index is 2.56. The van der Waals surface area contributed by atoms with Crippen LogP contribution in [0, 0.1) is 29.1 Å². The van der Waals surface area contributed by atoms with Crippen molar-refractivity contribution in [2.24, 2.45) is 29.1 Å². The zero-order chi connectivity index (χ0) is 33.6. The van der Waals surface area contributed by atoms with Crippen LogP contribution in [0.5, 0.6) is 0 Å². The van der Waals surface area contributed by atoms with Crippen molar-refractivity contribution in [1.82, 2.24) is 0 Å². The predicted octanol–water partition coefficient (Wildman–Crippen LogP) is 13.0. The fourth-order valence-electron chi connectivity index (χ4n) is 12.8. The third-order valence-corrected chi connectivity index (χ3v) is 16.2. The SMILES string of the molecule is CC1(C)CCC(C)(C)c2cc(N(c3ccccc3)c3ccc(-c4ccc5c(c4)Sc4ccccc4C54C5CC6CC7CC4C75C6)cc3)ccc21. The minimum Gasteiger partial charge on any atom is -0.310 e. The molecule has 2 spiro atoms. The molecule has 5 aromatic rings. The summed E-state index contributed by atoms with van der Waals surface area (Å²) in [5, 5.41) is 0. The van der Waals surface area contributed by atoms with Crippen molar-refractivity contribution in [2.45, 2.75) is 92.3 Å². The van der Waals surface area contributed by atoms with Crippen LogP contribution in [0.4, 0.5) is 17.1 Å². The van der Waals surface area contributed by atoms with Gasteiger partial charge in [0.15, 0.2) is 0 Å². The summed E-state index contributed by atoms with van der Waals surface area (Å²) >= 11 is 2.02. The van der Waals surface area contributed by atoms with E-state index in [1.807, 2.05) is 11.8 Å². The van der Waals surface area contributed by atoms with Gasteiger partial charge in [0.25, 0.3) is 0 Å². The number of anilines is 3. The Labute approximate surface area is 302 Å². The summed E-state index contributed by atoms with van der Waals surface area (Å²) in [6, 6.07) is 44.5. The van der Waals surface area contributed by atoms with Gasteiger partial charge in [-0.25, -0.2) is 0 Å². The average molecular weight is 670 g/mol. The van der Waals surface area contributed by atoms with E-state index in [-0.39, 0.29) is 16.2 Å². The topological polar surface area (TPSA) is 3.24 Å². The maximum absolute atomic E-state index is 2.56. The van der Waals surface area contributed by atoms with Crippen molar-refractivity contribution >= 4 is 28.8 Å². The second kappa shape index (κ2) is 9.97. The number of hydrogen-bond acceptors (Lipinski definition) is 2. The van der Waals surface area contributed by atoms with Crippen molar-refractivity contribution in [2.75, 3.05) is 4.90 Å². The van der Waals surface area contributed by atoms with Crippen LogP contribution in [-0.2, 0) is 16.2 Å². The lowest BCUT2D eigenvalue weighted by Gasteiger charge is -2.78. The summed E-state index contributed by atoms with van der Waals surface area (Å²) in [6.07, 6.45) is 8.38. The van der Waals surface area contributed by atoms with Crippen LogP contribution in [0.15, 0.2) is 125 Å². The molecule has 1 heterocycles. The Hall–Kier alpha value is -3.75. The van der Waals surface area contributed by atoms with Crippen molar-refractivity contribution in [3.8, 4) is 11.1 Å². The van der Waals surface area contributed by atoms with E-state index in [0.717, 1.165) is 23.7 Å². The lowest BCUT2D eigenvalue weighted by atomic mass is 9.26. The molecule has 50 heavy (non-hydrogen) atoms. The van der Waals surface area contributed by atoms with Gasteiger partial charge in [0, 0.05) is 32.3 Å².